The van der Waals surface area contributed by atoms with Crippen molar-refractivity contribution >= 4 is 29.2 Å². The van der Waals surface area contributed by atoms with E-state index in [1.807, 2.05) is 43.3 Å². The van der Waals surface area contributed by atoms with E-state index in [-0.39, 0.29) is 11.7 Å². The van der Waals surface area contributed by atoms with Crippen molar-refractivity contribution in [3.63, 3.8) is 0 Å². The summed E-state index contributed by atoms with van der Waals surface area (Å²) in [6.07, 6.45) is 3.42. The number of amides is 1. The molecule has 0 saturated carbocycles. The average Bonchev–Trinajstić information content (AvgIpc) is 3.45. The normalized spacial score (nSPS) is 13.4. The number of thioether (sulfide) groups is 1. The van der Waals surface area contributed by atoms with E-state index in [2.05, 4.69) is 37.2 Å². The van der Waals surface area contributed by atoms with Crippen LogP contribution >= 0.6 is 11.8 Å². The van der Waals surface area contributed by atoms with Crippen molar-refractivity contribution in [3.8, 4) is 5.75 Å². The number of piperazine rings is 1. The van der Waals surface area contributed by atoms with Gasteiger partial charge in [-0.1, -0.05) is 17.8 Å². The molecule has 9 nitrogen and oxygen atoms in total. The fourth-order valence-electron chi connectivity index (χ4n) is 4.22. The lowest BCUT2D eigenvalue weighted by molar-refractivity contribution is 0.0921. The topological polar surface area (TPSA) is 96.6 Å². The van der Waals surface area contributed by atoms with Gasteiger partial charge in [-0.05, 0) is 55.0 Å². The van der Waals surface area contributed by atoms with Crippen molar-refractivity contribution in [2.75, 3.05) is 43.1 Å². The molecule has 0 unspecified atom stereocenters. The monoisotopic (exact) mass is 530 g/mol. The summed E-state index contributed by atoms with van der Waals surface area (Å²) in [5.41, 5.74) is 3.05. The summed E-state index contributed by atoms with van der Waals surface area (Å²) < 4.78 is 11.0. The Kier molecular flexibility index (Phi) is 8.08. The lowest BCUT2D eigenvalue weighted by atomic mass is 10.2. The summed E-state index contributed by atoms with van der Waals surface area (Å²) in [5.74, 6) is 3.05. The number of hydrogen-bond acceptors (Lipinski definition) is 9. The standard InChI is InChI=1S/C28H30N6O3S/c1-20-16-26(34-14-12-33(13-15-34)22-5-7-23(36-2)8-6-22)32-28(31-20)38-19-24-9-10-25(37-24)27(35)30-18-21-4-3-11-29-17-21/h3-11,16-17H,12-15,18-19H2,1-2H3,(H,30,35). The summed E-state index contributed by atoms with van der Waals surface area (Å²) in [5, 5.41) is 3.54. The highest BCUT2D eigenvalue weighted by Crippen LogP contribution is 2.26. The molecule has 4 aromatic rings. The third-order valence-electron chi connectivity index (χ3n) is 6.27. The maximum absolute atomic E-state index is 12.4. The van der Waals surface area contributed by atoms with Crippen LogP contribution in [0.15, 0.2) is 76.6 Å². The molecule has 3 aromatic heterocycles. The number of nitrogens with zero attached hydrogens (tertiary/aromatic N) is 5. The van der Waals surface area contributed by atoms with Gasteiger partial charge in [0.1, 0.15) is 17.3 Å². The molecule has 0 atom stereocenters. The number of rotatable bonds is 9. The quantitative estimate of drug-likeness (QED) is 0.250. The van der Waals surface area contributed by atoms with Crippen LogP contribution in [0.4, 0.5) is 11.5 Å². The molecule has 1 fully saturated rings. The van der Waals surface area contributed by atoms with Crippen molar-refractivity contribution in [1.82, 2.24) is 20.3 Å². The predicted octanol–water partition coefficient (Wildman–Crippen LogP) is 4.33. The molecule has 4 heterocycles. The van der Waals surface area contributed by atoms with Crippen molar-refractivity contribution in [2.45, 2.75) is 24.4 Å². The molecule has 0 radical (unpaired) electrons. The molecule has 1 amide bonds. The number of ether oxygens (including phenoxy) is 1. The zero-order valence-electron chi connectivity index (χ0n) is 21.5. The third kappa shape index (κ3) is 6.44. The van der Waals surface area contributed by atoms with Gasteiger partial charge < -0.3 is 24.3 Å². The van der Waals surface area contributed by atoms with Gasteiger partial charge in [-0.2, -0.15) is 0 Å². The van der Waals surface area contributed by atoms with Crippen LogP contribution in [0.5, 0.6) is 5.75 Å². The summed E-state index contributed by atoms with van der Waals surface area (Å²) in [4.78, 5) is 30.6. The molecule has 38 heavy (non-hydrogen) atoms. The first-order valence-corrected chi connectivity index (χ1v) is 13.4. The van der Waals surface area contributed by atoms with E-state index in [9.17, 15) is 4.79 Å². The second-order valence-electron chi connectivity index (χ2n) is 8.92. The Bertz CT molecular complexity index is 1350. The highest BCUT2D eigenvalue weighted by molar-refractivity contribution is 7.98. The predicted molar refractivity (Wildman–Crippen MR) is 148 cm³/mol. The fraction of sp³-hybridized carbons (Fsp3) is 0.286. The zero-order valence-corrected chi connectivity index (χ0v) is 22.3. The van der Waals surface area contributed by atoms with Crippen LogP contribution in [-0.2, 0) is 12.3 Å². The number of furan rings is 1. The van der Waals surface area contributed by atoms with Crippen LogP contribution in [0.2, 0.25) is 0 Å². The van der Waals surface area contributed by atoms with E-state index in [1.165, 1.54) is 17.4 Å². The number of nitrogens with one attached hydrogen (secondary N) is 1. The molecule has 10 heteroatoms. The Morgan fingerprint density at radius 1 is 1.05 bits per heavy atom. The van der Waals surface area contributed by atoms with Crippen LogP contribution < -0.4 is 19.9 Å². The lowest BCUT2D eigenvalue weighted by Crippen LogP contribution is -2.46. The third-order valence-corrected chi connectivity index (χ3v) is 7.14. The largest absolute Gasteiger partial charge is 0.497 e. The lowest BCUT2D eigenvalue weighted by Gasteiger charge is -2.36. The van der Waals surface area contributed by atoms with E-state index in [4.69, 9.17) is 14.1 Å². The average molecular weight is 531 g/mol. The summed E-state index contributed by atoms with van der Waals surface area (Å²) >= 11 is 1.50. The number of anilines is 2. The van der Waals surface area contributed by atoms with Gasteiger partial charge in [-0.3, -0.25) is 9.78 Å². The van der Waals surface area contributed by atoms with Gasteiger partial charge in [-0.25, -0.2) is 9.97 Å². The number of methoxy groups -OCH3 is 1. The smallest absolute Gasteiger partial charge is 0.287 e. The molecule has 1 aliphatic heterocycles. The van der Waals surface area contributed by atoms with Gasteiger partial charge in [0, 0.05) is 62.6 Å². The van der Waals surface area contributed by atoms with Crippen molar-refractivity contribution < 1.29 is 13.9 Å². The number of pyridine rings is 1. The van der Waals surface area contributed by atoms with Gasteiger partial charge in [0.2, 0.25) is 0 Å². The Labute approximate surface area is 226 Å². The van der Waals surface area contributed by atoms with Crippen LogP contribution in [0, 0.1) is 6.92 Å². The fourth-order valence-corrected chi connectivity index (χ4v) is 5.02. The first-order chi connectivity index (χ1) is 18.6. The van der Waals surface area contributed by atoms with Crippen LogP contribution in [0.1, 0.15) is 27.6 Å². The molecule has 0 bridgehead atoms. The summed E-state index contributed by atoms with van der Waals surface area (Å²) in [7, 11) is 1.68. The van der Waals surface area contributed by atoms with Crippen LogP contribution in [-0.4, -0.2) is 54.1 Å². The maximum atomic E-state index is 12.4. The highest BCUT2D eigenvalue weighted by Gasteiger charge is 2.20. The molecule has 0 aliphatic carbocycles. The summed E-state index contributed by atoms with van der Waals surface area (Å²) in [6, 6.07) is 17.5. The van der Waals surface area contributed by atoms with Crippen molar-refractivity contribution in [2.24, 2.45) is 0 Å². The van der Waals surface area contributed by atoms with E-state index in [1.54, 1.807) is 25.6 Å². The molecular formula is C28H30N6O3S. The van der Waals surface area contributed by atoms with E-state index >= 15 is 0 Å². The Morgan fingerprint density at radius 3 is 2.58 bits per heavy atom. The van der Waals surface area contributed by atoms with Gasteiger partial charge in [0.15, 0.2) is 10.9 Å². The molecule has 1 saturated heterocycles. The number of hydrogen-bond donors (Lipinski definition) is 1. The van der Waals surface area contributed by atoms with E-state index in [0.717, 1.165) is 49.0 Å². The Hall–Kier alpha value is -4.05. The zero-order chi connectivity index (χ0) is 26.3. The van der Waals surface area contributed by atoms with E-state index < -0.39 is 0 Å². The first-order valence-electron chi connectivity index (χ1n) is 12.5. The van der Waals surface area contributed by atoms with Gasteiger partial charge >= 0.3 is 0 Å². The number of carbonyl (C=O) groups excluding carboxylic acids is 1. The van der Waals surface area contributed by atoms with Gasteiger partial charge in [0.25, 0.3) is 5.91 Å². The first kappa shape index (κ1) is 25.6. The number of aryl methyl sites for hydroxylation is 1. The van der Waals surface area contributed by atoms with Crippen LogP contribution in [0.25, 0.3) is 0 Å². The van der Waals surface area contributed by atoms with Crippen molar-refractivity contribution in [1.29, 1.82) is 0 Å². The van der Waals surface area contributed by atoms with Crippen molar-refractivity contribution in [3.05, 3.63) is 89.8 Å². The minimum absolute atomic E-state index is 0.257. The summed E-state index contributed by atoms with van der Waals surface area (Å²) in [6.45, 7) is 5.96. The number of carbonyl (C=O) groups is 1. The Morgan fingerprint density at radius 2 is 1.84 bits per heavy atom. The minimum atomic E-state index is -0.257. The second kappa shape index (κ2) is 12.0. The molecule has 196 valence electrons. The van der Waals surface area contributed by atoms with E-state index in [0.29, 0.717) is 23.2 Å². The molecular weight excluding hydrogens is 500 g/mol. The van der Waals surface area contributed by atoms with Gasteiger partial charge in [0.05, 0.1) is 12.9 Å². The molecule has 1 N–H and O–H groups in total. The molecule has 0 spiro atoms. The Balaban J connectivity index is 1.15. The minimum Gasteiger partial charge on any atom is -0.497 e. The molecule has 1 aliphatic rings. The second-order valence-corrected chi connectivity index (χ2v) is 9.86. The molecule has 5 rings (SSSR count). The number of benzene rings is 1. The highest BCUT2D eigenvalue weighted by atomic mass is 32.2. The van der Waals surface area contributed by atoms with Crippen LogP contribution in [0.3, 0.4) is 0 Å². The number of aromatic nitrogens is 3. The van der Waals surface area contributed by atoms with Gasteiger partial charge in [-0.15, -0.1) is 0 Å². The SMILES string of the molecule is COc1ccc(N2CCN(c3cc(C)nc(SCc4ccc(C(=O)NCc5cccnc5)o4)n3)CC2)cc1. The maximum Gasteiger partial charge on any atom is 0.287 e. The molecule has 1 aromatic carbocycles.